The third kappa shape index (κ3) is 9.66. The van der Waals surface area contributed by atoms with Crippen LogP contribution >= 0.6 is 0 Å². The first-order valence-electron chi connectivity index (χ1n) is 32.5. The maximum Gasteiger partial charge on any atom is 0.249 e. The van der Waals surface area contributed by atoms with Gasteiger partial charge < -0.3 is 52.8 Å². The molecule has 8 atom stereocenters. The van der Waals surface area contributed by atoms with Crippen LogP contribution in [-0.2, 0) is 23.7 Å². The maximum absolute atomic E-state index is 15.6. The highest BCUT2D eigenvalue weighted by molar-refractivity contribution is 6.52. The number of hydrogen-bond acceptors (Lipinski definition) is 13. The number of rotatable bonds is 17. The highest BCUT2D eigenvalue weighted by atomic mass is 16.6. The van der Waals surface area contributed by atoms with Crippen molar-refractivity contribution >= 4 is 78.3 Å². The van der Waals surface area contributed by atoms with Gasteiger partial charge in [0.2, 0.25) is 16.7 Å². The van der Waals surface area contributed by atoms with Gasteiger partial charge in [-0.25, -0.2) is 0 Å². The number of allylic oxidation sites excluding steroid dienone is 2. The summed E-state index contributed by atoms with van der Waals surface area (Å²) in [6.45, 7) is 14.5. The van der Waals surface area contributed by atoms with Gasteiger partial charge in [-0.3, -0.25) is 9.69 Å². The maximum atomic E-state index is 15.6. The fraction of sp³-hybridized carbons (Fsp3) is 0.368. The molecular formula is C76H74N4O10. The van der Waals surface area contributed by atoms with Crippen LogP contribution < -0.4 is 53.9 Å². The number of nitrogens with zero attached hydrogens (tertiary/aromatic N) is 4. The summed E-state index contributed by atoms with van der Waals surface area (Å²) in [5, 5.41) is 20.9. The van der Waals surface area contributed by atoms with Gasteiger partial charge in [-0.1, -0.05) is 63.8 Å². The van der Waals surface area contributed by atoms with Crippen molar-refractivity contribution in [1.29, 1.82) is 0 Å². The largest absolute Gasteiger partial charge is 0.871 e. The third-order valence-electron chi connectivity index (χ3n) is 20.1. The number of benzene rings is 8. The Labute approximate surface area is 524 Å². The van der Waals surface area contributed by atoms with Crippen LogP contribution in [-0.4, -0.2) is 94.4 Å². The highest BCUT2D eigenvalue weighted by Gasteiger charge is 2.57. The molecule has 0 amide bonds. The summed E-state index contributed by atoms with van der Waals surface area (Å²) >= 11 is 0. The molecule has 14 nitrogen and oxygen atoms in total. The molecule has 8 unspecified atom stereocenters. The molecule has 0 bridgehead atoms. The van der Waals surface area contributed by atoms with E-state index in [2.05, 4.69) is 193 Å². The summed E-state index contributed by atoms with van der Waals surface area (Å²) in [5.41, 5.74) is 7.11. The number of hydrogen-bond donors (Lipinski definition) is 0. The minimum Gasteiger partial charge on any atom is -0.871 e. The molecule has 17 rings (SSSR count). The second-order valence-corrected chi connectivity index (χ2v) is 27.1. The molecule has 6 aliphatic heterocycles. The molecule has 0 radical (unpaired) electrons. The number of ether oxygens (including phenoxy) is 8. The Hall–Kier alpha value is -8.40. The third-order valence-corrected chi connectivity index (χ3v) is 20.1. The standard InChI is InChI=1S/C76H74N4O10/c1-45-31-46(2)34-75(33-45)77(49-11-19-53(20-12-49)83-37-57-41-87-57)65-9-5-7-61-63(27-29-67(69(61)65)79(75)51-15-23-55(24-16-51)85-39-59-43-89-59)71-73(81)72(74(71)82)64-28-30-68-70-62(64)8-6-10-66(70)78(50-13-21-54(22-14-50)84-38-58-42-88-58)76(35-47(3)32-48(4)36-76)80(68)52-17-25-56(26-18-52)86-40-60-44-90-60/h5-30,45-48,57-60H,31-44H2,1-4H3. The molecule has 3 aliphatic carbocycles. The van der Waals surface area contributed by atoms with Crippen LogP contribution in [0.15, 0.2) is 163 Å². The molecule has 0 N–H and O–H groups in total. The lowest BCUT2D eigenvalue weighted by Gasteiger charge is -2.59. The Morgan fingerprint density at radius 1 is 0.467 bits per heavy atom. The highest BCUT2D eigenvalue weighted by Crippen LogP contribution is 2.59. The minimum absolute atomic E-state index is 0.135. The van der Waals surface area contributed by atoms with E-state index >= 15 is 9.90 Å². The van der Waals surface area contributed by atoms with E-state index in [0.717, 1.165) is 155 Å². The van der Waals surface area contributed by atoms with Crippen LogP contribution in [0.25, 0.3) is 32.7 Å². The number of carbonyl (C=O) groups is 1. The van der Waals surface area contributed by atoms with E-state index in [0.29, 0.717) is 60.9 Å². The smallest absolute Gasteiger partial charge is 0.249 e. The van der Waals surface area contributed by atoms with Crippen LogP contribution in [0, 0.1) is 23.7 Å². The van der Waals surface area contributed by atoms with Crippen LogP contribution in [0.3, 0.4) is 0 Å². The predicted molar refractivity (Wildman–Crippen MR) is 346 cm³/mol. The average Bonchev–Trinajstić information content (AvgIpc) is 1.57. The van der Waals surface area contributed by atoms with Crippen LogP contribution in [0.1, 0.15) is 71.8 Å². The lowest BCUT2D eigenvalue weighted by molar-refractivity contribution is -0.292. The number of epoxide rings is 4. The second kappa shape index (κ2) is 21.6. The van der Waals surface area contributed by atoms with E-state index in [-0.39, 0.29) is 47.1 Å². The molecule has 8 aromatic rings. The summed E-state index contributed by atoms with van der Waals surface area (Å²) in [5.74, 6) is 4.23. The minimum atomic E-state index is -0.552. The number of carbonyl (C=O) groups excluding carboxylic acids is 1. The van der Waals surface area contributed by atoms with Gasteiger partial charge in [0.05, 0.1) is 48.9 Å². The van der Waals surface area contributed by atoms with Gasteiger partial charge in [-0.2, -0.15) is 4.58 Å². The van der Waals surface area contributed by atoms with Gasteiger partial charge >= 0.3 is 0 Å². The number of anilines is 6. The van der Waals surface area contributed by atoms with E-state index < -0.39 is 11.3 Å². The predicted octanol–water partition coefficient (Wildman–Crippen LogP) is 12.2. The molecule has 14 heteroatoms. The number of Topliss-reactive ketones (excluding diaryl/α,β-unsaturated/α-hetero) is 1. The van der Waals surface area contributed by atoms with Crippen LogP contribution in [0.4, 0.5) is 39.8 Å². The molecule has 6 heterocycles. The zero-order valence-electron chi connectivity index (χ0n) is 51.4. The lowest BCUT2D eigenvalue weighted by Crippen LogP contribution is -2.64. The summed E-state index contributed by atoms with van der Waals surface area (Å²) in [7, 11) is 0. The fourth-order valence-corrected chi connectivity index (χ4v) is 16.4. The molecule has 9 aliphatic rings. The summed E-state index contributed by atoms with van der Waals surface area (Å²) < 4.78 is 49.3. The van der Waals surface area contributed by atoms with Crippen molar-refractivity contribution in [3.8, 4) is 23.0 Å². The van der Waals surface area contributed by atoms with E-state index in [1.165, 1.54) is 0 Å². The van der Waals surface area contributed by atoms with E-state index in [1.54, 1.807) is 0 Å². The quantitative estimate of drug-likeness (QED) is 0.0632. The van der Waals surface area contributed by atoms with Gasteiger partial charge in [-0.15, -0.1) is 0 Å². The van der Waals surface area contributed by atoms with Crippen molar-refractivity contribution in [2.75, 3.05) is 67.6 Å². The monoisotopic (exact) mass is 1200 g/mol. The van der Waals surface area contributed by atoms with Crippen molar-refractivity contribution < 1.29 is 47.8 Å². The molecule has 8 aromatic carbocycles. The second-order valence-electron chi connectivity index (χ2n) is 27.1. The summed E-state index contributed by atoms with van der Waals surface area (Å²) in [4.78, 5) is 23.3. The molecule has 0 aromatic heterocycles. The Kier molecular flexibility index (Phi) is 13.4. The van der Waals surface area contributed by atoms with Crippen molar-refractivity contribution in [1.82, 2.24) is 4.58 Å². The van der Waals surface area contributed by atoms with E-state index in [1.807, 2.05) is 12.1 Å². The fourth-order valence-electron chi connectivity index (χ4n) is 16.4. The van der Waals surface area contributed by atoms with Crippen molar-refractivity contribution in [2.45, 2.75) is 102 Å². The van der Waals surface area contributed by atoms with Gasteiger partial charge in [0.25, 0.3) is 0 Å². The normalized spacial score (nSPS) is 28.4. The van der Waals surface area contributed by atoms with Gasteiger partial charge in [0, 0.05) is 64.6 Å². The SMILES string of the molecule is CC1CC(C)CC2(C1)N(c1ccc(OCC3CO3)cc1)c1cccc3c(C4=C([O-])/C(=c5/ccc6c7c(cccc57)N(c5ccc(OCC7CO7)cc5)C5(CC(C)CC(C)C5)[N+]=6c5ccc(OCC6CO6)cc5)C4=O)ccc(c13)N2c1ccc(OCC2CO2)cc1. The Balaban J connectivity index is 0.841. The molecule has 90 heavy (non-hydrogen) atoms. The Bertz CT molecular complexity index is 4230. The van der Waals surface area contributed by atoms with E-state index in [4.69, 9.17) is 37.9 Å². The molecule has 2 spiro atoms. The first kappa shape index (κ1) is 55.6. The van der Waals surface area contributed by atoms with Crippen molar-refractivity contribution in [3.05, 3.63) is 180 Å². The Morgan fingerprint density at radius 2 is 0.889 bits per heavy atom. The first-order valence-corrected chi connectivity index (χ1v) is 32.5. The zero-order chi connectivity index (χ0) is 60.6. The summed E-state index contributed by atoms with van der Waals surface area (Å²) in [6, 6.07) is 55.1. The van der Waals surface area contributed by atoms with Gasteiger partial charge in [-0.05, 0) is 180 Å². The molecule has 2 saturated carbocycles. The zero-order valence-corrected chi connectivity index (χ0v) is 51.4. The van der Waals surface area contributed by atoms with Gasteiger partial charge in [0.1, 0.15) is 79.5 Å². The van der Waals surface area contributed by atoms with Crippen LogP contribution in [0.5, 0.6) is 23.0 Å². The van der Waals surface area contributed by atoms with Crippen molar-refractivity contribution in [2.24, 2.45) is 23.7 Å². The Morgan fingerprint density at radius 3 is 1.36 bits per heavy atom. The summed E-state index contributed by atoms with van der Waals surface area (Å²) in [6.07, 6.45) is 6.30. The lowest BCUT2D eigenvalue weighted by atomic mass is 9.72. The molecule has 6 fully saturated rings. The number of ketones is 1. The van der Waals surface area contributed by atoms with Crippen LogP contribution in [0.2, 0.25) is 0 Å². The average molecular weight is 1200 g/mol. The van der Waals surface area contributed by atoms with Crippen molar-refractivity contribution in [3.63, 3.8) is 0 Å². The van der Waals surface area contributed by atoms with Gasteiger partial charge in [0.15, 0.2) is 5.78 Å². The first-order chi connectivity index (χ1) is 44.0. The topological polar surface area (TPSA) is 140 Å². The molecule has 458 valence electrons. The molecule has 4 saturated heterocycles. The van der Waals surface area contributed by atoms with E-state index in [9.17, 15) is 0 Å². The molecular weight excluding hydrogens is 1130 g/mol.